The van der Waals surface area contributed by atoms with Crippen LogP contribution in [0.5, 0.6) is 0 Å². The van der Waals surface area contributed by atoms with Crippen molar-refractivity contribution in [2.45, 2.75) is 0 Å². The fourth-order valence-corrected chi connectivity index (χ4v) is 3.05. The molecular weight excluding hydrogens is 440 g/mol. The maximum atomic E-state index is 12.8. The summed E-state index contributed by atoms with van der Waals surface area (Å²) in [6.45, 7) is 0. The Kier molecular flexibility index (Phi) is 8.05. The Hall–Kier alpha value is -4.29. The number of carbonyl (C=O) groups excluding carboxylic acids is 1. The average molecular weight is 459 g/mol. The number of pyridine rings is 2. The molecule has 0 fully saturated rings. The molecule has 4 rings (SSSR count). The maximum absolute atomic E-state index is 12.8. The minimum atomic E-state index is -0.879. The van der Waals surface area contributed by atoms with Gasteiger partial charge in [0.05, 0.1) is 16.3 Å². The number of carbonyl (C=O) groups is 2. The fourth-order valence-electron chi connectivity index (χ4n) is 2.83. The number of carboxylic acid groups (broad SMARTS) is 1. The van der Waals surface area contributed by atoms with E-state index in [9.17, 15) is 14.7 Å². The molecule has 4 aromatic rings. The summed E-state index contributed by atoms with van der Waals surface area (Å²) < 4.78 is 0. The first-order chi connectivity index (χ1) is 16.0. The van der Waals surface area contributed by atoms with E-state index < -0.39 is 5.97 Å². The van der Waals surface area contributed by atoms with E-state index in [0.717, 1.165) is 0 Å². The molecule has 0 radical (unpaired) electrons. The normalized spacial score (nSPS) is 10.6. The molecule has 0 saturated heterocycles. The van der Waals surface area contributed by atoms with Crippen LogP contribution in [0.1, 0.15) is 37.5 Å². The Labute approximate surface area is 195 Å². The van der Waals surface area contributed by atoms with Gasteiger partial charge >= 0.3 is 5.97 Å². The van der Waals surface area contributed by atoms with Crippen LogP contribution in [0.25, 0.3) is 11.8 Å². The SMILES string of the molecule is O=C(O)c1ccccc1.O=C(c1ccccc1Cl)c1cccnc1C=C(O)c1ccncc1. The van der Waals surface area contributed by atoms with Crippen LogP contribution in [-0.2, 0) is 0 Å². The van der Waals surface area contributed by atoms with Gasteiger partial charge in [0.2, 0.25) is 0 Å². The lowest BCUT2D eigenvalue weighted by molar-refractivity contribution is 0.0696. The van der Waals surface area contributed by atoms with Gasteiger partial charge in [-0.1, -0.05) is 41.9 Å². The van der Waals surface area contributed by atoms with Gasteiger partial charge in [0.1, 0.15) is 5.76 Å². The topological polar surface area (TPSA) is 100 Å². The van der Waals surface area contributed by atoms with Gasteiger partial charge in [0, 0.05) is 41.4 Å². The van der Waals surface area contributed by atoms with E-state index in [0.29, 0.717) is 33.0 Å². The molecular formula is C26H19ClN2O4. The van der Waals surface area contributed by atoms with Crippen LogP contribution in [0.3, 0.4) is 0 Å². The Morgan fingerprint density at radius 2 is 1.36 bits per heavy atom. The molecule has 0 atom stereocenters. The van der Waals surface area contributed by atoms with Gasteiger partial charge < -0.3 is 10.2 Å². The molecule has 0 unspecified atom stereocenters. The first-order valence-corrected chi connectivity index (χ1v) is 10.2. The van der Waals surface area contributed by atoms with Crippen molar-refractivity contribution in [2.24, 2.45) is 0 Å². The number of aromatic carboxylic acids is 1. The first-order valence-electron chi connectivity index (χ1n) is 9.81. The number of aromatic nitrogens is 2. The zero-order valence-electron chi connectivity index (χ0n) is 17.3. The molecule has 2 N–H and O–H groups in total. The Balaban J connectivity index is 0.000000286. The number of aliphatic hydroxyl groups excluding tert-OH is 1. The summed E-state index contributed by atoms with van der Waals surface area (Å²) in [5, 5.41) is 19.0. The number of nitrogens with zero attached hydrogens (tertiary/aromatic N) is 2. The average Bonchev–Trinajstić information content (AvgIpc) is 2.86. The molecule has 2 heterocycles. The van der Waals surface area contributed by atoms with Crippen molar-refractivity contribution in [1.29, 1.82) is 0 Å². The lowest BCUT2D eigenvalue weighted by atomic mass is 10.0. The number of aliphatic hydroxyl groups is 1. The number of rotatable bonds is 5. The quantitative estimate of drug-likeness (QED) is 0.289. The van der Waals surface area contributed by atoms with Crippen molar-refractivity contribution in [3.05, 3.63) is 130 Å². The standard InChI is InChI=1S/C19H13ClN2O2.C7H6O2/c20-16-6-2-1-4-14(16)19(24)15-5-3-9-22-17(15)12-18(23)13-7-10-21-11-8-13;8-7(9)6-4-2-1-3-5-6/h1-12,23H;1-5H,(H,8,9). The van der Waals surface area contributed by atoms with E-state index in [-0.39, 0.29) is 11.5 Å². The molecule has 2 aromatic carbocycles. The van der Waals surface area contributed by atoms with E-state index >= 15 is 0 Å². The fraction of sp³-hybridized carbons (Fsp3) is 0. The molecule has 0 amide bonds. The molecule has 2 aromatic heterocycles. The third-order valence-corrected chi connectivity index (χ3v) is 4.80. The summed E-state index contributed by atoms with van der Waals surface area (Å²) >= 11 is 6.11. The zero-order chi connectivity index (χ0) is 23.6. The minimum absolute atomic E-state index is 0.00399. The van der Waals surface area contributed by atoms with Crippen LogP contribution >= 0.6 is 11.6 Å². The van der Waals surface area contributed by atoms with Crippen LogP contribution in [0, 0.1) is 0 Å². The summed E-state index contributed by atoms with van der Waals surface area (Å²) in [5.41, 5.74) is 2.05. The largest absolute Gasteiger partial charge is 0.507 e. The predicted molar refractivity (Wildman–Crippen MR) is 127 cm³/mol. The van der Waals surface area contributed by atoms with Crippen molar-refractivity contribution < 1.29 is 19.8 Å². The highest BCUT2D eigenvalue weighted by molar-refractivity contribution is 6.35. The Bertz CT molecular complexity index is 1280. The van der Waals surface area contributed by atoms with E-state index in [1.54, 1.807) is 97.5 Å². The lowest BCUT2D eigenvalue weighted by Gasteiger charge is -2.07. The number of hydrogen-bond acceptors (Lipinski definition) is 5. The number of ketones is 1. The molecule has 0 spiro atoms. The monoisotopic (exact) mass is 458 g/mol. The van der Waals surface area contributed by atoms with Crippen molar-refractivity contribution in [1.82, 2.24) is 9.97 Å². The molecule has 164 valence electrons. The molecule has 0 bridgehead atoms. The van der Waals surface area contributed by atoms with E-state index in [1.807, 2.05) is 0 Å². The van der Waals surface area contributed by atoms with Gasteiger partial charge in [0.25, 0.3) is 0 Å². The molecule has 0 aliphatic heterocycles. The summed E-state index contributed by atoms with van der Waals surface area (Å²) in [6, 6.07) is 21.8. The highest BCUT2D eigenvalue weighted by Gasteiger charge is 2.16. The minimum Gasteiger partial charge on any atom is -0.507 e. The lowest BCUT2D eigenvalue weighted by Crippen LogP contribution is -2.05. The zero-order valence-corrected chi connectivity index (χ0v) is 18.1. The molecule has 33 heavy (non-hydrogen) atoms. The van der Waals surface area contributed by atoms with Crippen molar-refractivity contribution >= 4 is 35.2 Å². The van der Waals surface area contributed by atoms with E-state index in [4.69, 9.17) is 16.7 Å². The van der Waals surface area contributed by atoms with Crippen molar-refractivity contribution in [3.63, 3.8) is 0 Å². The van der Waals surface area contributed by atoms with Crippen LogP contribution in [0.4, 0.5) is 0 Å². The van der Waals surface area contributed by atoms with E-state index in [2.05, 4.69) is 9.97 Å². The van der Waals surface area contributed by atoms with Gasteiger partial charge in [-0.25, -0.2) is 4.79 Å². The van der Waals surface area contributed by atoms with Crippen molar-refractivity contribution in [2.75, 3.05) is 0 Å². The number of halogens is 1. The van der Waals surface area contributed by atoms with Crippen LogP contribution in [0.2, 0.25) is 5.02 Å². The molecule has 0 aliphatic rings. The maximum Gasteiger partial charge on any atom is 0.335 e. The third kappa shape index (κ3) is 6.35. The van der Waals surface area contributed by atoms with Gasteiger partial charge in [-0.2, -0.15) is 0 Å². The molecule has 6 nitrogen and oxygen atoms in total. The van der Waals surface area contributed by atoms with Crippen LogP contribution in [-0.4, -0.2) is 31.9 Å². The second-order valence-corrected chi connectivity index (χ2v) is 7.09. The first kappa shape index (κ1) is 23.4. The van der Waals surface area contributed by atoms with E-state index in [1.165, 1.54) is 6.08 Å². The third-order valence-electron chi connectivity index (χ3n) is 4.47. The number of hydrogen-bond donors (Lipinski definition) is 2. The second-order valence-electron chi connectivity index (χ2n) is 6.68. The van der Waals surface area contributed by atoms with Gasteiger partial charge in [-0.15, -0.1) is 0 Å². The number of benzene rings is 2. The Morgan fingerprint density at radius 1 is 0.727 bits per heavy atom. The smallest absolute Gasteiger partial charge is 0.335 e. The summed E-state index contributed by atoms with van der Waals surface area (Å²) in [7, 11) is 0. The molecule has 0 saturated carbocycles. The molecule has 7 heteroatoms. The predicted octanol–water partition coefficient (Wildman–Crippen LogP) is 5.80. The highest BCUT2D eigenvalue weighted by atomic mass is 35.5. The van der Waals surface area contributed by atoms with Crippen LogP contribution < -0.4 is 0 Å². The van der Waals surface area contributed by atoms with Crippen LogP contribution in [0.15, 0.2) is 97.5 Å². The van der Waals surface area contributed by atoms with Gasteiger partial charge in [-0.3, -0.25) is 14.8 Å². The summed E-state index contributed by atoms with van der Waals surface area (Å²) in [6.07, 6.45) is 6.18. The molecule has 0 aliphatic carbocycles. The van der Waals surface area contributed by atoms with Gasteiger partial charge in [-0.05, 0) is 48.5 Å². The summed E-state index contributed by atoms with van der Waals surface area (Å²) in [4.78, 5) is 31.1. The van der Waals surface area contributed by atoms with Gasteiger partial charge in [0.15, 0.2) is 5.78 Å². The summed E-state index contributed by atoms with van der Waals surface area (Å²) in [5.74, 6) is -1.12. The Morgan fingerprint density at radius 3 is 2.00 bits per heavy atom. The van der Waals surface area contributed by atoms with Crippen molar-refractivity contribution in [3.8, 4) is 0 Å². The highest BCUT2D eigenvalue weighted by Crippen LogP contribution is 2.22. The number of carboxylic acids is 1. The second kappa shape index (κ2) is 11.4.